The smallest absolute Gasteiger partial charge is 0.432 e. The van der Waals surface area contributed by atoms with E-state index >= 15 is 0 Å². The predicted octanol–water partition coefficient (Wildman–Crippen LogP) is 2.54. The second-order valence-corrected chi connectivity index (χ2v) is 6.53. The van der Waals surface area contributed by atoms with Crippen LogP contribution < -0.4 is 0 Å². The first kappa shape index (κ1) is 21.6. The van der Waals surface area contributed by atoms with Crippen molar-refractivity contribution < 1.29 is 42.0 Å². The maximum atomic E-state index is 13.8. The Morgan fingerprint density at radius 2 is 1.81 bits per heavy atom. The second kappa shape index (κ2) is 8.55. The molecule has 1 aromatic rings. The summed E-state index contributed by atoms with van der Waals surface area (Å²) < 4.78 is 61.2. The molecule has 1 fully saturated rings. The van der Waals surface area contributed by atoms with E-state index in [1.165, 1.54) is 25.1 Å². The SMILES string of the molecule is CO[C@](C(=O)OC[C@@](C)(O)CCC1OCCO1)(c1ccccc1)C(F)(F)F. The first-order valence-electron chi connectivity index (χ1n) is 8.42. The fourth-order valence-electron chi connectivity index (χ4n) is 2.78. The lowest BCUT2D eigenvalue weighted by Gasteiger charge is -2.33. The zero-order chi connectivity index (χ0) is 20.1. The largest absolute Gasteiger partial charge is 0.460 e. The zero-order valence-corrected chi connectivity index (χ0v) is 15.1. The van der Waals surface area contributed by atoms with E-state index in [0.29, 0.717) is 19.6 Å². The molecule has 1 aromatic carbocycles. The quantitative estimate of drug-likeness (QED) is 0.686. The Kier molecular flexibility index (Phi) is 6.85. The number of ether oxygens (including phenoxy) is 4. The number of aliphatic hydroxyl groups is 1. The Labute approximate surface area is 155 Å². The lowest BCUT2D eigenvalue weighted by atomic mass is 9.92. The monoisotopic (exact) mass is 392 g/mol. The van der Waals surface area contributed by atoms with Gasteiger partial charge < -0.3 is 24.1 Å². The number of carbonyl (C=O) groups is 1. The minimum Gasteiger partial charge on any atom is -0.460 e. The number of alkyl halides is 3. The number of hydrogen-bond donors (Lipinski definition) is 1. The number of benzene rings is 1. The first-order chi connectivity index (χ1) is 12.6. The van der Waals surface area contributed by atoms with E-state index in [0.717, 1.165) is 19.2 Å². The van der Waals surface area contributed by atoms with Gasteiger partial charge >= 0.3 is 12.1 Å². The van der Waals surface area contributed by atoms with Crippen LogP contribution in [0, 0.1) is 0 Å². The summed E-state index contributed by atoms with van der Waals surface area (Å²) in [6.07, 6.45) is -5.11. The zero-order valence-electron chi connectivity index (χ0n) is 15.1. The normalized spacial score (nSPS) is 20.1. The Morgan fingerprint density at radius 3 is 2.33 bits per heavy atom. The average molecular weight is 392 g/mol. The van der Waals surface area contributed by atoms with Crippen molar-refractivity contribution in [3.63, 3.8) is 0 Å². The molecule has 27 heavy (non-hydrogen) atoms. The summed E-state index contributed by atoms with van der Waals surface area (Å²) in [6.45, 7) is 1.62. The van der Waals surface area contributed by atoms with Crippen molar-refractivity contribution in [1.82, 2.24) is 0 Å². The number of methoxy groups -OCH3 is 1. The molecule has 1 heterocycles. The van der Waals surface area contributed by atoms with Crippen LogP contribution in [0.1, 0.15) is 25.3 Å². The van der Waals surface area contributed by atoms with E-state index in [1.54, 1.807) is 0 Å². The molecule has 0 spiro atoms. The minimum absolute atomic E-state index is 0.113. The van der Waals surface area contributed by atoms with E-state index in [-0.39, 0.29) is 6.42 Å². The van der Waals surface area contributed by atoms with Crippen LogP contribution in [-0.4, -0.2) is 56.1 Å². The van der Waals surface area contributed by atoms with Gasteiger partial charge in [0.15, 0.2) is 6.29 Å². The molecular weight excluding hydrogens is 369 g/mol. The van der Waals surface area contributed by atoms with Crippen molar-refractivity contribution in [3.05, 3.63) is 35.9 Å². The second-order valence-electron chi connectivity index (χ2n) is 6.53. The van der Waals surface area contributed by atoms with E-state index in [1.807, 2.05) is 0 Å². The molecule has 0 aliphatic carbocycles. The van der Waals surface area contributed by atoms with Crippen LogP contribution in [0.2, 0.25) is 0 Å². The van der Waals surface area contributed by atoms with Gasteiger partial charge in [-0.3, -0.25) is 0 Å². The third-order valence-electron chi connectivity index (χ3n) is 4.30. The van der Waals surface area contributed by atoms with E-state index < -0.39 is 41.8 Å². The van der Waals surface area contributed by atoms with Gasteiger partial charge in [0.25, 0.3) is 5.60 Å². The minimum atomic E-state index is -5.06. The predicted molar refractivity (Wildman–Crippen MR) is 87.7 cm³/mol. The van der Waals surface area contributed by atoms with Crippen molar-refractivity contribution in [2.24, 2.45) is 0 Å². The molecule has 6 nitrogen and oxygen atoms in total. The summed E-state index contributed by atoms with van der Waals surface area (Å²) in [4.78, 5) is 12.4. The fourth-order valence-corrected chi connectivity index (χ4v) is 2.78. The number of halogens is 3. The van der Waals surface area contributed by atoms with Crippen molar-refractivity contribution in [3.8, 4) is 0 Å². The first-order valence-corrected chi connectivity index (χ1v) is 8.42. The summed E-state index contributed by atoms with van der Waals surface area (Å²) in [6, 6.07) is 6.50. The van der Waals surface area contributed by atoms with Crippen LogP contribution in [0.4, 0.5) is 13.2 Å². The average Bonchev–Trinajstić information content (AvgIpc) is 3.13. The van der Waals surface area contributed by atoms with Crippen molar-refractivity contribution in [1.29, 1.82) is 0 Å². The summed E-state index contributed by atoms with van der Waals surface area (Å²) in [5.74, 6) is -1.64. The maximum absolute atomic E-state index is 13.8. The Bertz CT molecular complexity index is 613. The molecule has 2 atom stereocenters. The van der Waals surface area contributed by atoms with Crippen LogP contribution in [0.25, 0.3) is 0 Å². The molecule has 152 valence electrons. The molecule has 0 bridgehead atoms. The lowest BCUT2D eigenvalue weighted by Crippen LogP contribution is -2.52. The van der Waals surface area contributed by atoms with Gasteiger partial charge in [0.2, 0.25) is 0 Å². The number of hydrogen-bond acceptors (Lipinski definition) is 6. The number of rotatable bonds is 8. The van der Waals surface area contributed by atoms with Crippen molar-refractivity contribution >= 4 is 5.97 Å². The van der Waals surface area contributed by atoms with Crippen LogP contribution >= 0.6 is 0 Å². The van der Waals surface area contributed by atoms with Gasteiger partial charge in [-0.2, -0.15) is 13.2 Å². The van der Waals surface area contributed by atoms with E-state index in [2.05, 4.69) is 4.74 Å². The highest BCUT2D eigenvalue weighted by Crippen LogP contribution is 2.43. The molecule has 2 rings (SSSR count). The van der Waals surface area contributed by atoms with Gasteiger partial charge in [-0.25, -0.2) is 4.79 Å². The molecule has 9 heteroatoms. The van der Waals surface area contributed by atoms with E-state index in [4.69, 9.17) is 14.2 Å². The molecule has 1 aliphatic rings. The van der Waals surface area contributed by atoms with Gasteiger partial charge in [0.1, 0.15) is 6.61 Å². The Hall–Kier alpha value is -1.68. The molecule has 1 saturated heterocycles. The van der Waals surface area contributed by atoms with Crippen LogP contribution in [0.3, 0.4) is 0 Å². The fraction of sp³-hybridized carbons (Fsp3) is 0.611. The summed E-state index contributed by atoms with van der Waals surface area (Å²) >= 11 is 0. The lowest BCUT2D eigenvalue weighted by molar-refractivity contribution is -0.278. The maximum Gasteiger partial charge on any atom is 0.432 e. The molecule has 0 aromatic heterocycles. The summed E-state index contributed by atoms with van der Waals surface area (Å²) in [5.41, 5.74) is -5.23. The van der Waals surface area contributed by atoms with Gasteiger partial charge in [0.05, 0.1) is 18.8 Å². The van der Waals surface area contributed by atoms with Crippen LogP contribution in [0.5, 0.6) is 0 Å². The van der Waals surface area contributed by atoms with E-state index in [9.17, 15) is 23.1 Å². The molecule has 0 radical (unpaired) electrons. The van der Waals surface area contributed by atoms with Crippen LogP contribution in [-0.2, 0) is 29.3 Å². The van der Waals surface area contributed by atoms with Gasteiger partial charge in [-0.15, -0.1) is 0 Å². The Balaban J connectivity index is 2.09. The highest BCUT2D eigenvalue weighted by atomic mass is 19.4. The third-order valence-corrected chi connectivity index (χ3v) is 4.30. The highest BCUT2D eigenvalue weighted by Gasteiger charge is 2.64. The van der Waals surface area contributed by atoms with Gasteiger partial charge in [-0.05, 0) is 13.3 Å². The Morgan fingerprint density at radius 1 is 1.22 bits per heavy atom. The van der Waals surface area contributed by atoms with Gasteiger partial charge in [0, 0.05) is 19.1 Å². The third kappa shape index (κ3) is 4.98. The molecular formula is C18H23F3O6. The summed E-state index contributed by atoms with van der Waals surface area (Å²) in [5, 5.41) is 10.3. The summed E-state index contributed by atoms with van der Waals surface area (Å²) in [7, 11) is 0.786. The van der Waals surface area contributed by atoms with Gasteiger partial charge in [-0.1, -0.05) is 30.3 Å². The molecule has 0 saturated carbocycles. The highest BCUT2D eigenvalue weighted by molar-refractivity contribution is 5.82. The molecule has 1 N–H and O–H groups in total. The van der Waals surface area contributed by atoms with Crippen LogP contribution in [0.15, 0.2) is 30.3 Å². The number of esters is 1. The number of carbonyl (C=O) groups excluding carboxylic acids is 1. The van der Waals surface area contributed by atoms with Crippen molar-refractivity contribution in [2.45, 2.75) is 43.4 Å². The standard InChI is InChI=1S/C18H23F3O6/c1-16(23,9-8-14-25-10-11-26-14)12-27-15(22)17(24-2,18(19,20)21)13-6-4-3-5-7-13/h3-7,14,23H,8-12H2,1-2H3/t16-,17-/m0/s1. The topological polar surface area (TPSA) is 74.2 Å². The molecule has 0 unspecified atom stereocenters. The van der Waals surface area contributed by atoms with Crippen molar-refractivity contribution in [2.75, 3.05) is 26.9 Å². The molecule has 1 aliphatic heterocycles. The molecule has 0 amide bonds.